The Bertz CT molecular complexity index is 1300. The lowest BCUT2D eigenvalue weighted by atomic mass is 10.1. The van der Waals surface area contributed by atoms with Gasteiger partial charge >= 0.3 is 0 Å². The van der Waals surface area contributed by atoms with E-state index in [9.17, 15) is 10.1 Å². The Hall–Kier alpha value is -4.80. The summed E-state index contributed by atoms with van der Waals surface area (Å²) in [6.45, 7) is 0.563. The number of hydrogen-bond donors (Lipinski definition) is 2. The number of aromatic nitrogens is 3. The minimum atomic E-state index is -0.446. The molecule has 0 bridgehead atoms. The Morgan fingerprint density at radius 3 is 2.59 bits per heavy atom. The summed E-state index contributed by atoms with van der Waals surface area (Å²) >= 11 is 0. The summed E-state index contributed by atoms with van der Waals surface area (Å²) in [7, 11) is 3.67. The highest BCUT2D eigenvalue weighted by atomic mass is 16.6. The van der Waals surface area contributed by atoms with Gasteiger partial charge in [-0.25, -0.2) is 5.43 Å². The van der Waals surface area contributed by atoms with Gasteiger partial charge in [0.15, 0.2) is 0 Å². The molecule has 0 radical (unpaired) electrons. The van der Waals surface area contributed by atoms with Crippen molar-refractivity contribution in [2.24, 2.45) is 5.10 Å². The lowest BCUT2D eigenvalue weighted by Gasteiger charge is -2.13. The number of nitro groups is 1. The number of nitro benzene ring substituents is 1. The molecule has 2 aromatic carbocycles. The number of hydrazone groups is 1. The molecule has 34 heavy (non-hydrogen) atoms. The molecule has 2 N–H and O–H groups in total. The lowest BCUT2D eigenvalue weighted by Crippen LogP contribution is -2.16. The number of benzene rings is 2. The fourth-order valence-corrected chi connectivity index (χ4v) is 2.97. The van der Waals surface area contributed by atoms with Crippen molar-refractivity contribution in [3.8, 4) is 11.3 Å². The van der Waals surface area contributed by atoms with E-state index < -0.39 is 4.92 Å². The molecule has 2 heterocycles. The molecule has 0 amide bonds. The zero-order valence-corrected chi connectivity index (χ0v) is 18.5. The molecule has 0 unspecified atom stereocenters. The van der Waals surface area contributed by atoms with Gasteiger partial charge in [-0.1, -0.05) is 42.5 Å². The number of rotatable bonds is 9. The highest BCUT2D eigenvalue weighted by molar-refractivity contribution is 5.78. The minimum absolute atomic E-state index is 0.00556. The predicted octanol–water partition coefficient (Wildman–Crippen LogP) is 4.16. The van der Waals surface area contributed by atoms with Crippen LogP contribution >= 0.6 is 0 Å². The quantitative estimate of drug-likeness (QED) is 0.215. The zero-order chi connectivity index (χ0) is 23.9. The fraction of sp³-hybridized carbons (Fsp3) is 0.130. The van der Waals surface area contributed by atoms with Crippen LogP contribution in [0.2, 0.25) is 0 Å². The molecule has 172 valence electrons. The largest absolute Gasteiger partial charge is 0.455 e. The number of nitrogens with one attached hydrogen (secondary N) is 2. The summed E-state index contributed by atoms with van der Waals surface area (Å²) in [4.78, 5) is 25.4. The molecule has 0 spiro atoms. The maximum absolute atomic E-state index is 11.0. The SMILES string of the molecule is CN(C)c1nc(NCc2ccccc2)nc(N/N=C\c2ccc(-c3cccc([N+](=O)[O-])c3)o2)n1. The van der Waals surface area contributed by atoms with E-state index in [2.05, 4.69) is 30.8 Å². The normalized spacial score (nSPS) is 10.9. The van der Waals surface area contributed by atoms with Crippen LogP contribution in [0.3, 0.4) is 0 Å². The fourth-order valence-electron chi connectivity index (χ4n) is 2.97. The molecule has 0 aliphatic heterocycles. The van der Waals surface area contributed by atoms with Crippen LogP contribution in [-0.2, 0) is 6.54 Å². The Kier molecular flexibility index (Phi) is 6.73. The van der Waals surface area contributed by atoms with Gasteiger partial charge in [-0.15, -0.1) is 0 Å². The van der Waals surface area contributed by atoms with E-state index in [1.807, 2.05) is 44.4 Å². The van der Waals surface area contributed by atoms with E-state index in [1.54, 1.807) is 29.2 Å². The van der Waals surface area contributed by atoms with Crippen molar-refractivity contribution < 1.29 is 9.34 Å². The molecule has 4 aromatic rings. The summed E-state index contributed by atoms with van der Waals surface area (Å²) < 4.78 is 5.73. The first-order valence-corrected chi connectivity index (χ1v) is 10.3. The average Bonchev–Trinajstić information content (AvgIpc) is 3.32. The van der Waals surface area contributed by atoms with Gasteiger partial charge in [0, 0.05) is 38.3 Å². The van der Waals surface area contributed by atoms with Crippen molar-refractivity contribution in [3.63, 3.8) is 0 Å². The van der Waals surface area contributed by atoms with Crippen LogP contribution in [0.15, 0.2) is 76.2 Å². The molecule has 0 fully saturated rings. The zero-order valence-electron chi connectivity index (χ0n) is 18.5. The van der Waals surface area contributed by atoms with Crippen LogP contribution in [0.25, 0.3) is 11.3 Å². The van der Waals surface area contributed by atoms with Crippen molar-refractivity contribution in [3.05, 3.63) is 88.2 Å². The molecule has 0 saturated carbocycles. The second-order valence-corrected chi connectivity index (χ2v) is 7.40. The highest BCUT2D eigenvalue weighted by Crippen LogP contribution is 2.25. The molecule has 4 rings (SSSR count). The average molecular weight is 458 g/mol. The van der Waals surface area contributed by atoms with Crippen molar-refractivity contribution in [1.29, 1.82) is 0 Å². The van der Waals surface area contributed by atoms with Crippen LogP contribution in [0.5, 0.6) is 0 Å². The first kappa shape index (κ1) is 22.4. The molecule has 2 aromatic heterocycles. The molecular weight excluding hydrogens is 436 g/mol. The van der Waals surface area contributed by atoms with Gasteiger partial charge in [-0.05, 0) is 17.7 Å². The van der Waals surface area contributed by atoms with E-state index in [0.29, 0.717) is 35.5 Å². The van der Waals surface area contributed by atoms with Crippen molar-refractivity contribution >= 4 is 29.7 Å². The van der Waals surface area contributed by atoms with Gasteiger partial charge in [-0.3, -0.25) is 10.1 Å². The van der Waals surface area contributed by atoms with Crippen molar-refractivity contribution in [2.45, 2.75) is 6.54 Å². The number of nitrogens with zero attached hydrogens (tertiary/aromatic N) is 6. The Balaban J connectivity index is 1.45. The molecule has 11 nitrogen and oxygen atoms in total. The van der Waals surface area contributed by atoms with E-state index in [0.717, 1.165) is 5.56 Å². The summed E-state index contributed by atoms with van der Waals surface area (Å²) in [6, 6.07) is 19.6. The standard InChI is InChI=1S/C23H22N8O3/c1-30(2)23-27-21(24-14-16-7-4-3-5-8-16)26-22(28-23)29-25-15-19-11-12-20(34-19)17-9-6-10-18(13-17)31(32)33/h3-13,15H,14H2,1-2H3,(H2,24,26,27,28,29)/b25-15-. The van der Waals surface area contributed by atoms with Crippen LogP contribution in [0.1, 0.15) is 11.3 Å². The third-order valence-corrected chi connectivity index (χ3v) is 4.64. The topological polar surface area (TPSA) is 135 Å². The maximum atomic E-state index is 11.0. The summed E-state index contributed by atoms with van der Waals surface area (Å²) in [5.41, 5.74) is 4.48. The van der Waals surface area contributed by atoms with Gasteiger partial charge < -0.3 is 14.6 Å². The smallest absolute Gasteiger partial charge is 0.270 e. The second kappa shape index (κ2) is 10.2. The highest BCUT2D eigenvalue weighted by Gasteiger charge is 2.10. The number of furan rings is 1. The molecular formula is C23H22N8O3. The third-order valence-electron chi connectivity index (χ3n) is 4.64. The molecule has 0 aliphatic carbocycles. The minimum Gasteiger partial charge on any atom is -0.455 e. The Morgan fingerprint density at radius 2 is 1.82 bits per heavy atom. The molecule has 11 heteroatoms. The first-order chi connectivity index (χ1) is 16.5. The second-order valence-electron chi connectivity index (χ2n) is 7.40. The van der Waals surface area contributed by atoms with E-state index in [1.165, 1.54) is 18.3 Å². The van der Waals surface area contributed by atoms with Gasteiger partial charge in [0.25, 0.3) is 5.69 Å². The number of non-ortho nitro benzene ring substituents is 1. The first-order valence-electron chi connectivity index (χ1n) is 10.3. The molecule has 0 aliphatic rings. The van der Waals surface area contributed by atoms with E-state index in [-0.39, 0.29) is 11.6 Å². The predicted molar refractivity (Wildman–Crippen MR) is 130 cm³/mol. The molecule has 0 saturated heterocycles. The maximum Gasteiger partial charge on any atom is 0.270 e. The van der Waals surface area contributed by atoms with Gasteiger partial charge in [0.2, 0.25) is 17.8 Å². The van der Waals surface area contributed by atoms with Gasteiger partial charge in [0.1, 0.15) is 11.5 Å². The van der Waals surface area contributed by atoms with Crippen LogP contribution in [-0.4, -0.2) is 40.2 Å². The number of hydrogen-bond acceptors (Lipinski definition) is 10. The lowest BCUT2D eigenvalue weighted by molar-refractivity contribution is -0.384. The van der Waals surface area contributed by atoms with Crippen LogP contribution in [0.4, 0.5) is 23.5 Å². The monoisotopic (exact) mass is 458 g/mol. The van der Waals surface area contributed by atoms with Crippen molar-refractivity contribution in [2.75, 3.05) is 29.7 Å². The van der Waals surface area contributed by atoms with Crippen LogP contribution < -0.4 is 15.6 Å². The Labute approximate surface area is 195 Å². The third kappa shape index (κ3) is 5.71. The van der Waals surface area contributed by atoms with Crippen molar-refractivity contribution in [1.82, 2.24) is 15.0 Å². The summed E-state index contributed by atoms with van der Waals surface area (Å²) in [6.07, 6.45) is 1.47. The number of anilines is 3. The summed E-state index contributed by atoms with van der Waals surface area (Å²) in [5, 5.41) is 18.3. The molecule has 0 atom stereocenters. The summed E-state index contributed by atoms with van der Waals surface area (Å²) in [5.74, 6) is 2.09. The van der Waals surface area contributed by atoms with Crippen LogP contribution in [0, 0.1) is 10.1 Å². The van der Waals surface area contributed by atoms with E-state index >= 15 is 0 Å². The van der Waals surface area contributed by atoms with Gasteiger partial charge in [-0.2, -0.15) is 20.1 Å². The van der Waals surface area contributed by atoms with Gasteiger partial charge in [0.05, 0.1) is 11.1 Å². The van der Waals surface area contributed by atoms with E-state index in [4.69, 9.17) is 4.42 Å². The Morgan fingerprint density at radius 1 is 1.03 bits per heavy atom.